The predicted molar refractivity (Wildman–Crippen MR) is 135 cm³/mol. The molecule has 0 spiro atoms. The molecule has 0 atom stereocenters. The minimum absolute atomic E-state index is 0.0476. The lowest BCUT2D eigenvalue weighted by molar-refractivity contribution is -0.142. The number of nitrogens with zero attached hydrogens (tertiary/aromatic N) is 3. The van der Waals surface area contributed by atoms with Gasteiger partial charge in [-0.25, -0.2) is 13.8 Å². The third-order valence-electron chi connectivity index (χ3n) is 7.28. The van der Waals surface area contributed by atoms with Gasteiger partial charge >= 0.3 is 5.97 Å². The number of carboxylic acids is 1. The fraction of sp³-hybridized carbons (Fsp3) is 0.276. The molecule has 1 N–H and O–H groups in total. The number of pyridine rings is 1. The zero-order valence-electron chi connectivity index (χ0n) is 20.7. The van der Waals surface area contributed by atoms with Crippen molar-refractivity contribution in [2.45, 2.75) is 45.2 Å². The van der Waals surface area contributed by atoms with Crippen LogP contribution >= 0.6 is 0 Å². The molecule has 2 aromatic heterocycles. The van der Waals surface area contributed by atoms with Crippen molar-refractivity contribution >= 4 is 22.9 Å². The molecule has 1 amide bonds. The monoisotopic (exact) mass is 503 g/mol. The smallest absolute Gasteiger partial charge is 0.313 e. The average Bonchev–Trinajstić information content (AvgIpc) is 3.18. The summed E-state index contributed by atoms with van der Waals surface area (Å²) < 4.78 is 29.9. The number of hydrogen-bond donors (Lipinski definition) is 1. The molecule has 4 aromatic rings. The Morgan fingerprint density at radius 1 is 1.08 bits per heavy atom. The van der Waals surface area contributed by atoms with E-state index < -0.39 is 23.0 Å². The van der Waals surface area contributed by atoms with Gasteiger partial charge in [-0.05, 0) is 55.2 Å². The van der Waals surface area contributed by atoms with Gasteiger partial charge in [-0.1, -0.05) is 30.3 Å². The number of benzene rings is 2. The van der Waals surface area contributed by atoms with Gasteiger partial charge in [0, 0.05) is 35.5 Å². The van der Waals surface area contributed by atoms with Crippen LogP contribution in [0.2, 0.25) is 0 Å². The summed E-state index contributed by atoms with van der Waals surface area (Å²) >= 11 is 0. The molecule has 8 heteroatoms. The second-order valence-electron chi connectivity index (χ2n) is 9.99. The molecule has 0 saturated carbocycles. The molecule has 0 bridgehead atoms. The second kappa shape index (κ2) is 9.42. The van der Waals surface area contributed by atoms with Crippen molar-refractivity contribution in [3.05, 3.63) is 100 Å². The molecule has 0 radical (unpaired) electrons. The number of aromatic nitrogens is 2. The third kappa shape index (κ3) is 4.59. The number of carbonyl (C=O) groups excluding carboxylic acids is 1. The molecule has 1 aliphatic heterocycles. The number of amides is 1. The first-order valence-electron chi connectivity index (χ1n) is 12.1. The summed E-state index contributed by atoms with van der Waals surface area (Å²) in [6.45, 7) is 4.38. The summed E-state index contributed by atoms with van der Waals surface area (Å²) in [5, 5.41) is 10.4. The fourth-order valence-corrected chi connectivity index (χ4v) is 4.91. The molecule has 0 fully saturated rings. The van der Waals surface area contributed by atoms with E-state index in [1.165, 1.54) is 12.1 Å². The van der Waals surface area contributed by atoms with Gasteiger partial charge in [-0.3, -0.25) is 9.59 Å². The van der Waals surface area contributed by atoms with E-state index in [0.717, 1.165) is 28.3 Å². The number of aliphatic carboxylic acids is 1. The maximum atomic E-state index is 14.5. The summed E-state index contributed by atoms with van der Waals surface area (Å²) in [5.74, 6) is -2.21. The summed E-state index contributed by atoms with van der Waals surface area (Å²) in [5.41, 5.74) is 3.50. The number of hydrogen-bond acceptors (Lipinski definition) is 3. The zero-order valence-corrected chi connectivity index (χ0v) is 20.7. The average molecular weight is 504 g/mol. The molecule has 5 rings (SSSR count). The quantitative estimate of drug-likeness (QED) is 0.408. The van der Waals surface area contributed by atoms with Crippen LogP contribution in [-0.4, -0.2) is 38.0 Å². The first kappa shape index (κ1) is 24.6. The van der Waals surface area contributed by atoms with Crippen molar-refractivity contribution < 1.29 is 23.5 Å². The Kier molecular flexibility index (Phi) is 6.27. The molecule has 0 unspecified atom stereocenters. The Balaban J connectivity index is 1.40. The van der Waals surface area contributed by atoms with Crippen LogP contribution in [0.1, 0.15) is 41.8 Å². The Hall–Kier alpha value is -4.07. The highest BCUT2D eigenvalue weighted by Gasteiger charge is 2.30. The van der Waals surface area contributed by atoms with E-state index in [4.69, 9.17) is 0 Å². The van der Waals surface area contributed by atoms with E-state index in [9.17, 15) is 23.5 Å². The number of carbonyl (C=O) groups is 2. The van der Waals surface area contributed by atoms with Crippen LogP contribution in [0.25, 0.3) is 11.0 Å². The van der Waals surface area contributed by atoms with Gasteiger partial charge in [0.25, 0.3) is 0 Å². The Bertz CT molecular complexity index is 1510. The zero-order chi connectivity index (χ0) is 26.3. The van der Waals surface area contributed by atoms with Crippen molar-refractivity contribution in [3.63, 3.8) is 0 Å². The lowest BCUT2D eigenvalue weighted by atomic mass is 9.84. The number of fused-ring (bicyclic) bond motifs is 3. The lowest BCUT2D eigenvalue weighted by Crippen LogP contribution is -2.37. The van der Waals surface area contributed by atoms with E-state index in [0.29, 0.717) is 36.3 Å². The van der Waals surface area contributed by atoms with Gasteiger partial charge in [0.1, 0.15) is 17.3 Å². The van der Waals surface area contributed by atoms with Crippen molar-refractivity contribution in [2.75, 3.05) is 6.54 Å². The van der Waals surface area contributed by atoms with Crippen molar-refractivity contribution in [3.8, 4) is 0 Å². The second-order valence-corrected chi connectivity index (χ2v) is 9.99. The van der Waals surface area contributed by atoms with Crippen LogP contribution < -0.4 is 0 Å². The molecule has 0 aliphatic carbocycles. The van der Waals surface area contributed by atoms with Gasteiger partial charge in [0.2, 0.25) is 5.91 Å². The molecule has 37 heavy (non-hydrogen) atoms. The minimum atomic E-state index is -1.02. The highest BCUT2D eigenvalue weighted by atomic mass is 19.1. The van der Waals surface area contributed by atoms with E-state index in [-0.39, 0.29) is 18.9 Å². The van der Waals surface area contributed by atoms with Gasteiger partial charge in [-0.2, -0.15) is 0 Å². The number of carboxylic acid groups (broad SMARTS) is 1. The van der Waals surface area contributed by atoms with Crippen LogP contribution in [0.5, 0.6) is 0 Å². The lowest BCUT2D eigenvalue weighted by Gasteiger charge is -2.29. The maximum Gasteiger partial charge on any atom is 0.313 e. The van der Waals surface area contributed by atoms with E-state index in [1.807, 2.05) is 16.7 Å². The largest absolute Gasteiger partial charge is 0.481 e. The molecule has 6 nitrogen and oxygen atoms in total. The van der Waals surface area contributed by atoms with Gasteiger partial charge < -0.3 is 14.6 Å². The topological polar surface area (TPSA) is 75.4 Å². The summed E-state index contributed by atoms with van der Waals surface area (Å²) in [7, 11) is 0. The first-order valence-corrected chi connectivity index (χ1v) is 12.1. The van der Waals surface area contributed by atoms with Crippen molar-refractivity contribution in [1.29, 1.82) is 0 Å². The summed E-state index contributed by atoms with van der Waals surface area (Å²) in [6, 6.07) is 14.5. The van der Waals surface area contributed by atoms with Gasteiger partial charge in [-0.15, -0.1) is 0 Å². The Labute approximate surface area is 213 Å². The van der Waals surface area contributed by atoms with E-state index in [2.05, 4.69) is 4.98 Å². The molecule has 3 heterocycles. The number of halogens is 2. The van der Waals surface area contributed by atoms with Gasteiger partial charge in [0.15, 0.2) is 0 Å². The number of rotatable bonds is 6. The molecular weight excluding hydrogens is 476 g/mol. The fourth-order valence-electron chi connectivity index (χ4n) is 4.91. The predicted octanol–water partition coefficient (Wildman–Crippen LogP) is 4.85. The Morgan fingerprint density at radius 2 is 1.84 bits per heavy atom. The summed E-state index contributed by atoms with van der Waals surface area (Å²) in [4.78, 5) is 31.1. The minimum Gasteiger partial charge on any atom is -0.481 e. The van der Waals surface area contributed by atoms with Crippen molar-refractivity contribution in [2.24, 2.45) is 0 Å². The van der Waals surface area contributed by atoms with Crippen LogP contribution in [0.3, 0.4) is 0 Å². The Morgan fingerprint density at radius 3 is 2.54 bits per heavy atom. The van der Waals surface area contributed by atoms with E-state index in [1.54, 1.807) is 49.2 Å². The first-order chi connectivity index (χ1) is 17.6. The molecule has 1 aliphatic rings. The summed E-state index contributed by atoms with van der Waals surface area (Å²) in [6.07, 6.45) is 2.52. The van der Waals surface area contributed by atoms with Crippen molar-refractivity contribution in [1.82, 2.24) is 14.5 Å². The molecule has 190 valence electrons. The molecule has 2 aromatic carbocycles. The van der Waals surface area contributed by atoms with Crippen LogP contribution in [0, 0.1) is 11.6 Å². The van der Waals surface area contributed by atoms with Gasteiger partial charge in [0.05, 0.1) is 24.9 Å². The van der Waals surface area contributed by atoms with Crippen LogP contribution in [0.4, 0.5) is 8.78 Å². The maximum absolute atomic E-state index is 14.5. The van der Waals surface area contributed by atoms with Crippen LogP contribution in [-0.2, 0) is 40.9 Å². The highest BCUT2D eigenvalue weighted by molar-refractivity contribution is 5.84. The van der Waals surface area contributed by atoms with E-state index >= 15 is 0 Å². The standard InChI is InChI=1S/C29H27F2N3O3/c1-29(2,28(36)37)20-8-5-18(6-9-20)14-26(35)33-13-11-22-23-4-3-12-32-27(23)34(25(22)17-33)16-19-7-10-21(30)15-24(19)31/h3-10,12,15H,11,13-14,16-17H2,1-2H3,(H,36,37). The van der Waals surface area contributed by atoms with Crippen LogP contribution in [0.15, 0.2) is 60.8 Å². The SMILES string of the molecule is CC(C)(C(=O)O)c1ccc(CC(=O)N2CCc3c(n(Cc4ccc(F)cc4F)c4ncccc34)C2)cc1. The highest BCUT2D eigenvalue weighted by Crippen LogP contribution is 2.31. The third-order valence-corrected chi connectivity index (χ3v) is 7.28. The normalized spacial score (nSPS) is 13.6. The molecule has 0 saturated heterocycles. The molecular formula is C29H27F2N3O3.